The maximum Gasteiger partial charge on any atom is 0.144 e. The number of aliphatic imine (C=N–C) groups is 1. The summed E-state index contributed by atoms with van der Waals surface area (Å²) in [4.78, 5) is 4.57. The third-order valence-corrected chi connectivity index (χ3v) is 3.91. The number of nitrogens with two attached hydrogens (primary N) is 1. The predicted octanol–water partition coefficient (Wildman–Crippen LogP) is 3.49. The number of rotatable bonds is 9. The Hall–Kier alpha value is -2.40. The number of hydrogen-bond acceptors (Lipinski definition) is 5. The van der Waals surface area contributed by atoms with Crippen LogP contribution >= 0.6 is 0 Å². The second-order valence-corrected chi connectivity index (χ2v) is 5.99. The average Bonchev–Trinajstić information content (AvgIpc) is 2.60. The molecular weight excluding hydrogens is 312 g/mol. The van der Waals surface area contributed by atoms with Gasteiger partial charge in [-0.1, -0.05) is 32.4 Å². The van der Waals surface area contributed by atoms with Gasteiger partial charge in [-0.05, 0) is 49.7 Å². The number of nitrogens with zero attached hydrogens (tertiary/aromatic N) is 1. The van der Waals surface area contributed by atoms with Gasteiger partial charge in [-0.2, -0.15) is 0 Å². The number of allylic oxidation sites excluding steroid dienone is 2. The van der Waals surface area contributed by atoms with Gasteiger partial charge >= 0.3 is 0 Å². The lowest BCUT2D eigenvalue weighted by atomic mass is 10.1. The van der Waals surface area contributed by atoms with Gasteiger partial charge in [0.25, 0.3) is 0 Å². The van der Waals surface area contributed by atoms with E-state index in [1.54, 1.807) is 12.2 Å². The molecule has 1 aliphatic carbocycles. The lowest BCUT2D eigenvalue weighted by Gasteiger charge is -2.15. The molecule has 0 aromatic heterocycles. The largest absolute Gasteiger partial charge is 0.491 e. The third-order valence-electron chi connectivity index (χ3n) is 3.91. The van der Waals surface area contributed by atoms with Gasteiger partial charge in [0.05, 0.1) is 29.4 Å². The number of unbranched alkanes of at least 4 members (excludes halogenated alkanes) is 1. The fourth-order valence-corrected chi connectivity index (χ4v) is 2.42. The quantitative estimate of drug-likeness (QED) is 0.475. The zero-order valence-corrected chi connectivity index (χ0v) is 15.1. The minimum atomic E-state index is 0.302. The summed E-state index contributed by atoms with van der Waals surface area (Å²) in [5.74, 6) is 0.602. The summed E-state index contributed by atoms with van der Waals surface area (Å²) in [6.07, 6.45) is 6.39. The number of hydrogen-bond donors (Lipinski definition) is 3. The van der Waals surface area contributed by atoms with E-state index in [-0.39, 0.29) is 0 Å². The van der Waals surface area contributed by atoms with Crippen LogP contribution in [0.4, 0.5) is 5.69 Å². The smallest absolute Gasteiger partial charge is 0.144 e. The van der Waals surface area contributed by atoms with Gasteiger partial charge in [0, 0.05) is 6.08 Å². The highest BCUT2D eigenvalue weighted by atomic mass is 16.5. The Morgan fingerprint density at radius 1 is 1.16 bits per heavy atom. The second kappa shape index (κ2) is 9.79. The van der Waals surface area contributed by atoms with Crippen LogP contribution in [0.15, 0.2) is 52.9 Å². The van der Waals surface area contributed by atoms with Crippen molar-refractivity contribution >= 4 is 17.1 Å². The first-order valence-electron chi connectivity index (χ1n) is 8.93. The van der Waals surface area contributed by atoms with Crippen molar-refractivity contribution in [2.24, 2.45) is 10.7 Å². The van der Waals surface area contributed by atoms with Crippen LogP contribution in [0.1, 0.15) is 32.3 Å². The van der Waals surface area contributed by atoms with Gasteiger partial charge in [-0.25, -0.2) is 4.99 Å². The van der Waals surface area contributed by atoms with Crippen molar-refractivity contribution in [2.75, 3.05) is 19.7 Å². The standard InChI is InChI=1S/C20H28N4O/c1-3-5-12-25-20-14-19(17(21)13-18(20)22)24-16-8-6-15(7-9-16)10-11-23-4-2/h6-9,13-14,21,23H,3-5,10-12,22H2,1-2H3. The Kier molecular flexibility index (Phi) is 7.41. The Labute approximate surface area is 150 Å². The minimum Gasteiger partial charge on any atom is -0.491 e. The van der Waals surface area contributed by atoms with E-state index in [4.69, 9.17) is 15.9 Å². The van der Waals surface area contributed by atoms with Crippen LogP contribution in [-0.4, -0.2) is 31.1 Å². The van der Waals surface area contributed by atoms with Crippen LogP contribution in [0.3, 0.4) is 0 Å². The van der Waals surface area contributed by atoms with E-state index >= 15 is 0 Å². The van der Waals surface area contributed by atoms with Crippen molar-refractivity contribution in [3.63, 3.8) is 0 Å². The molecule has 1 aromatic carbocycles. The number of ether oxygens (including phenoxy) is 1. The molecule has 5 nitrogen and oxygen atoms in total. The highest BCUT2D eigenvalue weighted by molar-refractivity contribution is 6.50. The Bertz CT molecular complexity index is 671. The number of benzene rings is 1. The molecule has 0 saturated carbocycles. The fraction of sp³-hybridized carbons (Fsp3) is 0.400. The molecule has 0 atom stereocenters. The van der Waals surface area contributed by atoms with E-state index < -0.39 is 0 Å². The monoisotopic (exact) mass is 340 g/mol. The zero-order valence-electron chi connectivity index (χ0n) is 15.1. The molecule has 0 saturated heterocycles. The Morgan fingerprint density at radius 3 is 2.60 bits per heavy atom. The van der Waals surface area contributed by atoms with E-state index in [0.29, 0.717) is 29.5 Å². The summed E-state index contributed by atoms with van der Waals surface area (Å²) in [7, 11) is 0. The molecule has 0 amide bonds. The molecule has 4 N–H and O–H groups in total. The summed E-state index contributed by atoms with van der Waals surface area (Å²) in [6, 6.07) is 8.12. The van der Waals surface area contributed by atoms with Crippen molar-refractivity contribution in [3.05, 3.63) is 53.4 Å². The van der Waals surface area contributed by atoms with Gasteiger partial charge in [-0.3, -0.25) is 5.41 Å². The van der Waals surface area contributed by atoms with Gasteiger partial charge in [0.1, 0.15) is 5.76 Å². The maximum absolute atomic E-state index is 8.09. The summed E-state index contributed by atoms with van der Waals surface area (Å²) in [6.45, 7) is 6.80. The molecular formula is C20H28N4O. The SMILES string of the molecule is CCCCOC1=CC(=Nc2ccc(CCNCC)cc2)C(=N)C=C1N. The molecule has 0 unspecified atom stereocenters. The normalized spacial score (nSPS) is 15.9. The molecule has 1 aromatic rings. The van der Waals surface area contributed by atoms with Gasteiger partial charge in [-0.15, -0.1) is 0 Å². The molecule has 0 fully saturated rings. The van der Waals surface area contributed by atoms with Crippen LogP contribution in [-0.2, 0) is 11.2 Å². The average molecular weight is 340 g/mol. The first-order valence-corrected chi connectivity index (χ1v) is 8.93. The summed E-state index contributed by atoms with van der Waals surface area (Å²) >= 11 is 0. The molecule has 0 spiro atoms. The van der Waals surface area contributed by atoms with Gasteiger partial charge in [0.15, 0.2) is 0 Å². The van der Waals surface area contributed by atoms with Crippen molar-refractivity contribution in [1.82, 2.24) is 5.32 Å². The van der Waals surface area contributed by atoms with Crippen LogP contribution in [0.5, 0.6) is 0 Å². The lowest BCUT2D eigenvalue weighted by Crippen LogP contribution is -2.20. The van der Waals surface area contributed by atoms with Crippen molar-refractivity contribution in [1.29, 1.82) is 5.41 Å². The fourth-order valence-electron chi connectivity index (χ4n) is 2.42. The topological polar surface area (TPSA) is 83.5 Å². The summed E-state index contributed by atoms with van der Waals surface area (Å²) in [5.41, 5.74) is 9.40. The molecule has 0 bridgehead atoms. The first-order chi connectivity index (χ1) is 12.1. The van der Waals surface area contributed by atoms with Gasteiger partial charge < -0.3 is 15.8 Å². The highest BCUT2D eigenvalue weighted by Crippen LogP contribution is 2.18. The van der Waals surface area contributed by atoms with E-state index in [1.165, 1.54) is 5.56 Å². The van der Waals surface area contributed by atoms with Crippen molar-refractivity contribution < 1.29 is 4.74 Å². The van der Waals surface area contributed by atoms with E-state index in [0.717, 1.165) is 38.0 Å². The van der Waals surface area contributed by atoms with Crippen LogP contribution < -0.4 is 11.1 Å². The molecule has 0 heterocycles. The van der Waals surface area contributed by atoms with Crippen molar-refractivity contribution in [3.8, 4) is 0 Å². The molecule has 1 aliphatic rings. The van der Waals surface area contributed by atoms with Gasteiger partial charge in [0.2, 0.25) is 0 Å². The molecule has 0 radical (unpaired) electrons. The molecule has 5 heteroatoms. The molecule has 134 valence electrons. The number of nitrogens with one attached hydrogen (secondary N) is 2. The zero-order chi connectivity index (χ0) is 18.1. The lowest BCUT2D eigenvalue weighted by molar-refractivity contribution is 0.215. The van der Waals surface area contributed by atoms with Crippen molar-refractivity contribution in [2.45, 2.75) is 33.1 Å². The summed E-state index contributed by atoms with van der Waals surface area (Å²) < 4.78 is 5.71. The highest BCUT2D eigenvalue weighted by Gasteiger charge is 2.15. The first kappa shape index (κ1) is 18.9. The number of likely N-dealkylation sites (N-methyl/N-ethyl adjacent to an activating group) is 1. The molecule has 25 heavy (non-hydrogen) atoms. The van der Waals surface area contributed by atoms with E-state index in [2.05, 4.69) is 36.3 Å². The summed E-state index contributed by atoms with van der Waals surface area (Å²) in [5, 5.41) is 11.4. The molecule has 0 aliphatic heterocycles. The Balaban J connectivity index is 2.08. The minimum absolute atomic E-state index is 0.302. The maximum atomic E-state index is 8.09. The third kappa shape index (κ3) is 5.87. The Morgan fingerprint density at radius 2 is 1.92 bits per heavy atom. The van der Waals surface area contributed by atoms with Crippen LogP contribution in [0.2, 0.25) is 0 Å². The van der Waals surface area contributed by atoms with Crippen LogP contribution in [0.25, 0.3) is 0 Å². The molecule has 2 rings (SSSR count). The van der Waals surface area contributed by atoms with E-state index in [9.17, 15) is 0 Å². The predicted molar refractivity (Wildman–Crippen MR) is 105 cm³/mol. The van der Waals surface area contributed by atoms with E-state index in [1.807, 2.05) is 12.1 Å². The second-order valence-electron chi connectivity index (χ2n) is 5.99. The van der Waals surface area contributed by atoms with Crippen LogP contribution in [0, 0.1) is 5.41 Å².